The van der Waals surface area contributed by atoms with E-state index in [0.29, 0.717) is 28.8 Å². The number of likely N-dealkylation sites (tertiary alicyclic amines) is 1. The van der Waals surface area contributed by atoms with Crippen molar-refractivity contribution in [2.24, 2.45) is 0 Å². The molecular weight excluding hydrogens is 488 g/mol. The Hall–Kier alpha value is -4.38. The minimum absolute atomic E-state index is 0.209. The first-order valence-corrected chi connectivity index (χ1v) is 12.8. The summed E-state index contributed by atoms with van der Waals surface area (Å²) in [5, 5.41) is 13.9. The van der Waals surface area contributed by atoms with Gasteiger partial charge in [0.15, 0.2) is 5.13 Å². The molecule has 2 N–H and O–H groups in total. The van der Waals surface area contributed by atoms with E-state index < -0.39 is 0 Å². The van der Waals surface area contributed by atoms with Crippen molar-refractivity contribution in [3.8, 4) is 0 Å². The minimum Gasteiger partial charge on any atom is -0.324 e. The van der Waals surface area contributed by atoms with E-state index in [1.165, 1.54) is 11.8 Å². The summed E-state index contributed by atoms with van der Waals surface area (Å²) in [6, 6.07) is 13.3. The SMILES string of the molecule is O=C(Nc1ccc(CCn2ccnn2)cc1)c1cnc(NC(=O)N2CCC(=Cc3ccccn3)CC2)s1. The predicted molar refractivity (Wildman–Crippen MR) is 142 cm³/mol. The van der Waals surface area contributed by atoms with Gasteiger partial charge in [0.2, 0.25) is 0 Å². The molecule has 1 fully saturated rings. The van der Waals surface area contributed by atoms with Crippen LogP contribution in [0, 0.1) is 0 Å². The molecule has 3 aromatic heterocycles. The number of aryl methyl sites for hydroxylation is 2. The van der Waals surface area contributed by atoms with E-state index in [4.69, 9.17) is 0 Å². The number of hydrogen-bond acceptors (Lipinski definition) is 7. The van der Waals surface area contributed by atoms with Gasteiger partial charge in [-0.1, -0.05) is 40.3 Å². The Bertz CT molecular complexity index is 1360. The van der Waals surface area contributed by atoms with Crippen molar-refractivity contribution in [3.05, 3.63) is 89.0 Å². The van der Waals surface area contributed by atoms with Crippen molar-refractivity contribution >= 4 is 40.2 Å². The highest BCUT2D eigenvalue weighted by atomic mass is 32.1. The maximum Gasteiger partial charge on any atom is 0.323 e. The lowest BCUT2D eigenvalue weighted by molar-refractivity contribution is 0.103. The molecule has 4 heterocycles. The van der Waals surface area contributed by atoms with Gasteiger partial charge < -0.3 is 10.2 Å². The fourth-order valence-electron chi connectivity index (χ4n) is 3.96. The highest BCUT2D eigenvalue weighted by Crippen LogP contribution is 2.23. The summed E-state index contributed by atoms with van der Waals surface area (Å²) in [7, 11) is 0. The van der Waals surface area contributed by atoms with Crippen molar-refractivity contribution in [1.29, 1.82) is 0 Å². The van der Waals surface area contributed by atoms with Gasteiger partial charge in [-0.15, -0.1) is 5.10 Å². The van der Waals surface area contributed by atoms with Gasteiger partial charge in [0.05, 0.1) is 18.1 Å². The average Bonchev–Trinajstić information content (AvgIpc) is 3.62. The molecular formula is C26H26N8O2S. The van der Waals surface area contributed by atoms with Gasteiger partial charge in [0.25, 0.3) is 5.91 Å². The van der Waals surface area contributed by atoms with Crippen LogP contribution in [0.1, 0.15) is 33.8 Å². The first-order valence-electron chi connectivity index (χ1n) is 12.0. The summed E-state index contributed by atoms with van der Waals surface area (Å²) in [5.74, 6) is -0.268. The molecule has 10 nitrogen and oxygen atoms in total. The zero-order valence-electron chi connectivity index (χ0n) is 20.1. The molecule has 0 saturated carbocycles. The number of nitrogens with one attached hydrogen (secondary N) is 2. The highest BCUT2D eigenvalue weighted by Gasteiger charge is 2.21. The number of urea groups is 1. The Labute approximate surface area is 218 Å². The first kappa shape index (κ1) is 24.3. The largest absolute Gasteiger partial charge is 0.324 e. The summed E-state index contributed by atoms with van der Waals surface area (Å²) in [6.07, 6.45) is 11.2. The number of carbonyl (C=O) groups excluding carboxylic acids is 2. The van der Waals surface area contributed by atoms with Crippen molar-refractivity contribution in [2.45, 2.75) is 25.8 Å². The van der Waals surface area contributed by atoms with E-state index in [2.05, 4.69) is 37.0 Å². The molecule has 0 spiro atoms. The zero-order valence-corrected chi connectivity index (χ0v) is 20.9. The molecule has 1 aliphatic rings. The lowest BCUT2D eigenvalue weighted by Crippen LogP contribution is -2.39. The van der Waals surface area contributed by atoms with Gasteiger partial charge in [-0.25, -0.2) is 9.78 Å². The van der Waals surface area contributed by atoms with E-state index in [-0.39, 0.29) is 11.9 Å². The molecule has 5 rings (SSSR count). The Kier molecular flexibility index (Phi) is 7.60. The monoisotopic (exact) mass is 514 g/mol. The lowest BCUT2D eigenvalue weighted by atomic mass is 10.0. The molecule has 188 valence electrons. The Morgan fingerprint density at radius 2 is 1.84 bits per heavy atom. The van der Waals surface area contributed by atoms with E-state index in [0.717, 1.165) is 48.4 Å². The Morgan fingerprint density at radius 3 is 2.57 bits per heavy atom. The summed E-state index contributed by atoms with van der Waals surface area (Å²) < 4.78 is 1.78. The molecule has 0 unspecified atom stereocenters. The van der Waals surface area contributed by atoms with Crippen LogP contribution in [0.2, 0.25) is 0 Å². The number of thiazole rings is 1. The van der Waals surface area contributed by atoms with Gasteiger partial charge in [-0.2, -0.15) is 0 Å². The maximum absolute atomic E-state index is 12.7. The number of hydrogen-bond donors (Lipinski definition) is 2. The number of nitrogens with zero attached hydrogens (tertiary/aromatic N) is 6. The van der Waals surface area contributed by atoms with Gasteiger partial charge >= 0.3 is 6.03 Å². The minimum atomic E-state index is -0.268. The summed E-state index contributed by atoms with van der Waals surface area (Å²) in [6.45, 7) is 1.98. The number of amides is 3. The quantitative estimate of drug-likeness (QED) is 0.379. The van der Waals surface area contributed by atoms with Gasteiger partial charge in [0.1, 0.15) is 4.88 Å². The van der Waals surface area contributed by atoms with Crippen molar-refractivity contribution in [3.63, 3.8) is 0 Å². The third kappa shape index (κ3) is 6.64. The topological polar surface area (TPSA) is 118 Å². The maximum atomic E-state index is 12.7. The van der Waals surface area contributed by atoms with Crippen LogP contribution in [0.3, 0.4) is 0 Å². The van der Waals surface area contributed by atoms with Crippen LogP contribution in [-0.2, 0) is 13.0 Å². The normalized spacial score (nSPS) is 13.3. The molecule has 0 atom stereocenters. The van der Waals surface area contributed by atoms with Crippen molar-refractivity contribution in [2.75, 3.05) is 23.7 Å². The zero-order chi connectivity index (χ0) is 25.5. The summed E-state index contributed by atoms with van der Waals surface area (Å²) >= 11 is 1.15. The predicted octanol–water partition coefficient (Wildman–Crippen LogP) is 4.34. The smallest absolute Gasteiger partial charge is 0.323 e. The van der Waals surface area contributed by atoms with E-state index in [1.807, 2.05) is 48.7 Å². The molecule has 1 aromatic carbocycles. The molecule has 4 aromatic rings. The van der Waals surface area contributed by atoms with Crippen LogP contribution in [0.15, 0.2) is 72.8 Å². The number of piperidine rings is 1. The number of rotatable bonds is 7. The second kappa shape index (κ2) is 11.6. The molecule has 11 heteroatoms. The number of carbonyl (C=O) groups is 2. The van der Waals surface area contributed by atoms with Crippen molar-refractivity contribution in [1.82, 2.24) is 29.9 Å². The third-order valence-electron chi connectivity index (χ3n) is 5.99. The van der Waals surface area contributed by atoms with E-state index >= 15 is 0 Å². The van der Waals surface area contributed by atoms with Crippen molar-refractivity contribution < 1.29 is 9.59 Å². The summed E-state index contributed by atoms with van der Waals surface area (Å²) in [5.41, 5.74) is 4.03. The molecule has 0 radical (unpaired) electrons. The van der Waals surface area contributed by atoms with Gasteiger partial charge in [0, 0.05) is 37.7 Å². The van der Waals surface area contributed by atoms with Gasteiger partial charge in [-0.3, -0.25) is 19.8 Å². The molecule has 1 saturated heterocycles. The second-order valence-corrected chi connectivity index (χ2v) is 9.60. The van der Waals surface area contributed by atoms with E-state index in [9.17, 15) is 9.59 Å². The van der Waals surface area contributed by atoms with Gasteiger partial charge in [-0.05, 0) is 55.2 Å². The van der Waals surface area contributed by atoms with E-state index in [1.54, 1.807) is 22.0 Å². The number of pyridine rings is 1. The summed E-state index contributed by atoms with van der Waals surface area (Å²) in [4.78, 5) is 36.1. The molecule has 3 amide bonds. The number of aromatic nitrogens is 5. The average molecular weight is 515 g/mol. The first-order chi connectivity index (χ1) is 18.1. The Balaban J connectivity index is 1.09. The fraction of sp³-hybridized carbons (Fsp3) is 0.231. The molecule has 0 aliphatic carbocycles. The molecule has 37 heavy (non-hydrogen) atoms. The molecule has 1 aliphatic heterocycles. The van der Waals surface area contributed by atoms with Crippen LogP contribution in [0.5, 0.6) is 0 Å². The Morgan fingerprint density at radius 1 is 1.00 bits per heavy atom. The third-order valence-corrected chi connectivity index (χ3v) is 6.90. The van der Waals surface area contributed by atoms with Crippen LogP contribution in [0.4, 0.5) is 15.6 Å². The van der Waals surface area contributed by atoms with Crippen LogP contribution in [0.25, 0.3) is 6.08 Å². The highest BCUT2D eigenvalue weighted by molar-refractivity contribution is 7.17. The standard InChI is InChI=1S/C26H26N8O2S/c35-24(30-21-6-4-19(5-7-21)10-15-34-16-12-29-32-34)23-18-28-25(37-23)31-26(36)33-13-8-20(9-14-33)17-22-3-1-2-11-27-22/h1-7,11-12,16-18H,8-10,13-15H2,(H,30,35)(H,28,31,36). The number of anilines is 2. The number of benzene rings is 1. The second-order valence-electron chi connectivity index (χ2n) is 8.57. The van der Waals surface area contributed by atoms with Crippen LogP contribution in [-0.4, -0.2) is 54.9 Å². The van der Waals surface area contributed by atoms with Crippen LogP contribution >= 0.6 is 11.3 Å². The fourth-order valence-corrected chi connectivity index (χ4v) is 4.66. The lowest BCUT2D eigenvalue weighted by Gasteiger charge is -2.28. The van der Waals surface area contributed by atoms with Crippen LogP contribution < -0.4 is 10.6 Å². The molecule has 0 bridgehead atoms.